The number of rotatable bonds is 17. The minimum absolute atomic E-state index is 0.0812. The lowest BCUT2D eigenvalue weighted by molar-refractivity contribution is -0.147. The average Bonchev–Trinajstić information content (AvgIpc) is 2.90. The van der Waals surface area contributed by atoms with Gasteiger partial charge in [0.05, 0.1) is 45.5 Å². The lowest BCUT2D eigenvalue weighted by Gasteiger charge is -2.32. The molecule has 9 nitrogen and oxygen atoms in total. The van der Waals surface area contributed by atoms with Crippen molar-refractivity contribution < 1.29 is 39.4 Å². The highest BCUT2D eigenvalue weighted by atomic mass is 32.2. The van der Waals surface area contributed by atoms with Crippen molar-refractivity contribution in [3.05, 3.63) is 108 Å². The third-order valence-corrected chi connectivity index (χ3v) is 6.62. The fourth-order valence-electron chi connectivity index (χ4n) is 3.70. The molecule has 3 aromatic carbocycles. The van der Waals surface area contributed by atoms with Gasteiger partial charge in [-0.2, -0.15) is 16.8 Å². The van der Waals surface area contributed by atoms with Crippen LogP contribution in [0.5, 0.6) is 0 Å². The van der Waals surface area contributed by atoms with E-state index in [1.807, 2.05) is 91.0 Å². The third-order valence-electron chi connectivity index (χ3n) is 5.46. The van der Waals surface area contributed by atoms with Gasteiger partial charge in [0.25, 0.3) is 20.2 Å². The molecule has 0 saturated carbocycles. The van der Waals surface area contributed by atoms with E-state index in [1.54, 1.807) is 0 Å². The highest BCUT2D eigenvalue weighted by Crippen LogP contribution is 2.20. The fourth-order valence-corrected chi connectivity index (χ4v) is 4.69. The Morgan fingerprint density at radius 2 is 1.03 bits per heavy atom. The van der Waals surface area contributed by atoms with E-state index >= 15 is 0 Å². The van der Waals surface area contributed by atoms with Gasteiger partial charge in [-0.15, -0.1) is 0 Å². The maximum absolute atomic E-state index is 12.3. The van der Waals surface area contributed by atoms with Gasteiger partial charge in [0.15, 0.2) is 0 Å². The maximum Gasteiger partial charge on any atom is 0.264 e. The molecule has 0 radical (unpaired) electrons. The van der Waals surface area contributed by atoms with Gasteiger partial charge >= 0.3 is 0 Å². The summed E-state index contributed by atoms with van der Waals surface area (Å²) in [5, 5.41) is 0. The molecular weight excluding hydrogens is 544 g/mol. The van der Waals surface area contributed by atoms with Gasteiger partial charge in [-0.05, 0) is 16.7 Å². The summed E-state index contributed by atoms with van der Waals surface area (Å²) in [7, 11) is -7.81. The number of hydrogen-bond donors (Lipinski definition) is 0. The molecule has 3 atom stereocenters. The van der Waals surface area contributed by atoms with Crippen molar-refractivity contribution in [1.29, 1.82) is 0 Å². The van der Waals surface area contributed by atoms with Crippen molar-refractivity contribution >= 4 is 20.2 Å². The highest BCUT2D eigenvalue weighted by Gasteiger charge is 2.36. The Bertz CT molecular complexity index is 1320. The topological polar surface area (TPSA) is 114 Å². The Balaban J connectivity index is 1.89. The quantitative estimate of drug-likeness (QED) is 0.221. The van der Waals surface area contributed by atoms with Gasteiger partial charge < -0.3 is 14.2 Å². The molecule has 3 aromatic rings. The molecule has 0 saturated heterocycles. The van der Waals surface area contributed by atoms with E-state index in [2.05, 4.69) is 0 Å². The lowest BCUT2D eigenvalue weighted by Crippen LogP contribution is -2.48. The summed E-state index contributed by atoms with van der Waals surface area (Å²) in [6, 6.07) is 27.9. The van der Waals surface area contributed by atoms with Gasteiger partial charge in [-0.25, -0.2) is 0 Å². The molecule has 3 rings (SSSR count). The average molecular weight is 579 g/mol. The first-order valence-electron chi connectivity index (χ1n) is 12.2. The Morgan fingerprint density at radius 3 is 1.49 bits per heavy atom. The first-order chi connectivity index (χ1) is 18.6. The van der Waals surface area contributed by atoms with Crippen LogP contribution in [-0.4, -0.2) is 60.9 Å². The zero-order valence-corrected chi connectivity index (χ0v) is 23.6. The van der Waals surface area contributed by atoms with Crippen LogP contribution >= 0.6 is 0 Å². The second kappa shape index (κ2) is 15.2. The van der Waals surface area contributed by atoms with Crippen molar-refractivity contribution in [2.45, 2.75) is 38.1 Å². The molecular formula is C28H34O9S2. The van der Waals surface area contributed by atoms with Gasteiger partial charge in [0.2, 0.25) is 0 Å². The van der Waals surface area contributed by atoms with E-state index in [-0.39, 0.29) is 26.4 Å². The molecule has 0 amide bonds. The summed E-state index contributed by atoms with van der Waals surface area (Å²) in [4.78, 5) is 0. The second-order valence-electron chi connectivity index (χ2n) is 8.92. The summed E-state index contributed by atoms with van der Waals surface area (Å²) in [5.41, 5.74) is 2.52. The smallest absolute Gasteiger partial charge is 0.264 e. The van der Waals surface area contributed by atoms with Gasteiger partial charge in [0, 0.05) is 0 Å². The van der Waals surface area contributed by atoms with Crippen molar-refractivity contribution in [1.82, 2.24) is 0 Å². The Labute approximate surface area is 230 Å². The van der Waals surface area contributed by atoms with Crippen molar-refractivity contribution in [3.63, 3.8) is 0 Å². The van der Waals surface area contributed by atoms with E-state index in [0.717, 1.165) is 29.2 Å². The molecule has 0 aliphatic heterocycles. The zero-order chi connectivity index (χ0) is 28.1. The van der Waals surface area contributed by atoms with Crippen molar-refractivity contribution in [3.8, 4) is 0 Å². The molecule has 1 unspecified atom stereocenters. The second-order valence-corrected chi connectivity index (χ2v) is 12.2. The highest BCUT2D eigenvalue weighted by molar-refractivity contribution is 7.86. The first kappa shape index (κ1) is 30.9. The van der Waals surface area contributed by atoms with Crippen LogP contribution in [-0.2, 0) is 62.6 Å². The molecule has 11 heteroatoms. The van der Waals surface area contributed by atoms with Crippen LogP contribution in [0.15, 0.2) is 91.0 Å². The van der Waals surface area contributed by atoms with E-state index in [1.165, 1.54) is 0 Å². The molecule has 0 fully saturated rings. The largest absolute Gasteiger partial charge is 0.374 e. The summed E-state index contributed by atoms with van der Waals surface area (Å²) >= 11 is 0. The summed E-state index contributed by atoms with van der Waals surface area (Å²) in [5.74, 6) is 0. The van der Waals surface area contributed by atoms with Crippen LogP contribution in [0.4, 0.5) is 0 Å². The molecule has 0 heterocycles. The minimum Gasteiger partial charge on any atom is -0.374 e. The predicted octanol–water partition coefficient (Wildman–Crippen LogP) is 3.70. The summed E-state index contributed by atoms with van der Waals surface area (Å²) in [6.45, 7) is -0.220. The first-order valence-corrected chi connectivity index (χ1v) is 15.9. The zero-order valence-electron chi connectivity index (χ0n) is 21.9. The number of ether oxygens (including phenoxy) is 3. The normalized spacial score (nSPS) is 14.5. The van der Waals surface area contributed by atoms with E-state index in [0.29, 0.717) is 0 Å². The maximum atomic E-state index is 12.3. The molecule has 0 N–H and O–H groups in total. The summed E-state index contributed by atoms with van der Waals surface area (Å²) < 4.78 is 76.9. The Kier molecular flexibility index (Phi) is 12.1. The van der Waals surface area contributed by atoms with Crippen LogP contribution in [0.1, 0.15) is 16.7 Å². The monoisotopic (exact) mass is 578 g/mol. The molecule has 0 aromatic heterocycles. The lowest BCUT2D eigenvalue weighted by atomic mass is 10.1. The standard InChI is InChI=1S/C28H34O9S2/c1-38(29,30)36-22-26(34-19-24-14-8-4-9-15-24)28(35-20-25-16-10-5-11-17-25)27(37-39(2,31)32)21-33-18-23-12-6-3-7-13-23/h3-17,26-28H,18-22H2,1-2H3/t26?,27-,28-/m1/s1. The van der Waals surface area contributed by atoms with E-state index in [9.17, 15) is 16.8 Å². The Hall–Kier alpha value is -2.64. The molecule has 0 bridgehead atoms. The third kappa shape index (κ3) is 12.4. The summed E-state index contributed by atoms with van der Waals surface area (Å²) in [6.07, 6.45) is -1.43. The minimum atomic E-state index is -3.96. The van der Waals surface area contributed by atoms with Gasteiger partial charge in [-0.3, -0.25) is 8.37 Å². The molecule has 0 aliphatic rings. The number of benzene rings is 3. The van der Waals surface area contributed by atoms with Crippen LogP contribution < -0.4 is 0 Å². The predicted molar refractivity (Wildman–Crippen MR) is 147 cm³/mol. The van der Waals surface area contributed by atoms with Crippen LogP contribution in [0, 0.1) is 0 Å². The van der Waals surface area contributed by atoms with E-state index < -0.39 is 45.2 Å². The van der Waals surface area contributed by atoms with Crippen LogP contribution in [0.3, 0.4) is 0 Å². The molecule has 0 aliphatic carbocycles. The Morgan fingerprint density at radius 1 is 0.564 bits per heavy atom. The number of hydrogen-bond acceptors (Lipinski definition) is 9. The van der Waals surface area contributed by atoms with Gasteiger partial charge in [-0.1, -0.05) is 91.0 Å². The SMILES string of the molecule is CS(=O)(=O)OCC(OCc1ccccc1)[C@@H](OCc1ccccc1)[C@@H](COCc1ccccc1)OS(C)(=O)=O. The van der Waals surface area contributed by atoms with Crippen molar-refractivity contribution in [2.75, 3.05) is 25.7 Å². The molecule has 0 spiro atoms. The molecule has 39 heavy (non-hydrogen) atoms. The van der Waals surface area contributed by atoms with E-state index in [4.69, 9.17) is 22.6 Å². The molecule has 212 valence electrons. The van der Waals surface area contributed by atoms with Gasteiger partial charge in [0.1, 0.15) is 18.3 Å². The van der Waals surface area contributed by atoms with Crippen LogP contribution in [0.25, 0.3) is 0 Å². The van der Waals surface area contributed by atoms with Crippen molar-refractivity contribution in [2.24, 2.45) is 0 Å². The van der Waals surface area contributed by atoms with Crippen LogP contribution in [0.2, 0.25) is 0 Å². The fraction of sp³-hybridized carbons (Fsp3) is 0.357.